The number of carbonyl (C=O) groups excluding carboxylic acids is 1. The predicted molar refractivity (Wildman–Crippen MR) is 283 cm³/mol. The fraction of sp³-hybridized carbons (Fsp3) is 0.846. The summed E-state index contributed by atoms with van der Waals surface area (Å²) in [6, 6.07) is 0. The van der Waals surface area contributed by atoms with Gasteiger partial charge >= 0.3 is 45.7 Å². The number of amides is 1. The third kappa shape index (κ3) is 139. The van der Waals surface area contributed by atoms with Crippen LogP contribution in [0.4, 0.5) is 0 Å². The zero-order valence-corrected chi connectivity index (χ0v) is 45.2. The minimum Gasteiger partial charge on any atom is -0.484 e. The first kappa shape index (κ1) is 77.3. The number of aliphatic imine (C=N–C) groups is 1. The topological polar surface area (TPSA) is 62.1 Å². The van der Waals surface area contributed by atoms with Crippen LogP contribution in [0.15, 0.2) is 29.8 Å². The molecule has 0 unspecified atom stereocenters. The molecule has 0 aliphatic carbocycles. The maximum atomic E-state index is 10.7. The van der Waals surface area contributed by atoms with Crippen LogP contribution in [0.5, 0.6) is 0 Å². The van der Waals surface area contributed by atoms with Crippen LogP contribution in [0.1, 0.15) is 251 Å². The average molecular weight is 941 g/mol. The molecule has 6 heteroatoms. The Morgan fingerprint density at radius 1 is 0.655 bits per heavy atom. The second-order valence-corrected chi connectivity index (χ2v) is 18.3. The van der Waals surface area contributed by atoms with E-state index in [0.717, 1.165) is 36.0 Å². The van der Waals surface area contributed by atoms with Crippen LogP contribution in [0.25, 0.3) is 0 Å². The number of alkyl halides is 2. The van der Waals surface area contributed by atoms with Gasteiger partial charge in [0.25, 0.3) is 0 Å². The number of carbonyl (C=O) groups is 1. The molecule has 58 heavy (non-hydrogen) atoms. The maximum Gasteiger partial charge on any atom is 0.169 e. The van der Waals surface area contributed by atoms with Gasteiger partial charge in [0.05, 0.1) is 6.61 Å². The molecule has 5 nitrogen and oxygen atoms in total. The molecule has 0 rings (SSSR count). The van der Waals surface area contributed by atoms with Crippen molar-refractivity contribution in [1.29, 1.82) is 0 Å². The Labute approximate surface area is 378 Å². The SMILES string of the molecule is C#C.C=C(C)CCN(C)C(C)=O.C=CCI(C)O.CC.CCC.CCCC.CCCCCCC.CCCCCCCCCCCCCC.CCCCCCOC=NC. The molecule has 0 aromatic carbocycles. The second-order valence-electron chi connectivity index (χ2n) is 14.2. The molecule has 0 aromatic heterocycles. The molecule has 0 radical (unpaired) electrons. The molecule has 0 bridgehead atoms. The number of nitrogens with zero attached hydrogens (tertiary/aromatic N) is 2. The summed E-state index contributed by atoms with van der Waals surface area (Å²) in [6.07, 6.45) is 45.5. The summed E-state index contributed by atoms with van der Waals surface area (Å²) in [5, 5.41) is 0. The second kappa shape index (κ2) is 91.4. The molecular formula is C52H113IN2O3. The molecule has 0 atom stereocenters. The van der Waals surface area contributed by atoms with Crippen molar-refractivity contribution < 1.29 is 13.0 Å². The van der Waals surface area contributed by atoms with Gasteiger partial charge in [-0.15, -0.1) is 19.4 Å². The molecule has 0 spiro atoms. The van der Waals surface area contributed by atoms with Crippen molar-refractivity contribution >= 4 is 32.5 Å². The number of halogens is 1. The number of hydrogen-bond acceptors (Lipinski definition) is 4. The molecule has 0 aromatic rings. The standard InChI is InChI=1S/C14H30.C8H15NO.C8H17NO.C7H16.C4H9IO.C4H10.C3H8.C2H6.C2H2/c1-3-5-7-9-11-13-14-12-10-8-6-4-2;1-7(2)5-6-9(4)8(3)10;1-3-4-5-6-7-10-8-9-2;1-3-5-7-6-4-2;1-3-4-5(2)6;1-3-4-2;1-3-2;2*1-2/h3-14H2,1-2H3;1,5-6H2,2-4H3;8H,3-7H2,1-2H3;3-7H2,1-2H3;3,6H,1,4H2,2H3;3-4H2,1-2H3;3H2,1-2H3;1-2H3;1-2H. The zero-order valence-electron chi connectivity index (χ0n) is 43.1. The Balaban J connectivity index is -0.0000000708. The largest absolute Gasteiger partial charge is 0.484 e. The quantitative estimate of drug-likeness (QED) is 0.0170. The van der Waals surface area contributed by atoms with E-state index in [9.17, 15) is 4.79 Å². The van der Waals surface area contributed by atoms with Crippen LogP contribution < -0.4 is 0 Å². The predicted octanol–water partition coefficient (Wildman–Crippen LogP) is 18.1. The first-order valence-corrected chi connectivity index (χ1v) is 28.6. The van der Waals surface area contributed by atoms with Crippen LogP contribution in [0.3, 0.4) is 0 Å². The van der Waals surface area contributed by atoms with Crippen LogP contribution in [-0.4, -0.2) is 57.2 Å². The summed E-state index contributed by atoms with van der Waals surface area (Å²) >= 11 is -1.43. The van der Waals surface area contributed by atoms with Gasteiger partial charge in [0, 0.05) is 27.6 Å². The third-order valence-corrected chi connectivity index (χ3v) is 9.60. The molecule has 0 heterocycles. The summed E-state index contributed by atoms with van der Waals surface area (Å²) in [5.74, 6) is 0.112. The molecule has 356 valence electrons. The minimum atomic E-state index is -1.43. The van der Waals surface area contributed by atoms with E-state index in [2.05, 4.69) is 93.3 Å². The molecular weight excluding hydrogens is 827 g/mol. The van der Waals surface area contributed by atoms with Crippen molar-refractivity contribution in [2.75, 3.05) is 36.6 Å². The van der Waals surface area contributed by atoms with Gasteiger partial charge in [-0.1, -0.05) is 229 Å². The monoisotopic (exact) mass is 941 g/mol. The van der Waals surface area contributed by atoms with Crippen molar-refractivity contribution in [3.63, 3.8) is 0 Å². The Kier molecular flexibility index (Phi) is 122. The van der Waals surface area contributed by atoms with Crippen molar-refractivity contribution in [2.45, 2.75) is 251 Å². The average Bonchev–Trinajstić information content (AvgIpc) is 3.22. The van der Waals surface area contributed by atoms with Crippen molar-refractivity contribution in [2.24, 2.45) is 4.99 Å². The summed E-state index contributed by atoms with van der Waals surface area (Å²) < 4.78 is 14.5. The third-order valence-electron chi connectivity index (χ3n) is 7.70. The first-order valence-electron chi connectivity index (χ1n) is 24.0. The molecule has 0 aliphatic rings. The van der Waals surface area contributed by atoms with Crippen LogP contribution in [-0.2, 0) is 9.53 Å². The Bertz CT molecular complexity index is 677. The van der Waals surface area contributed by atoms with Crippen molar-refractivity contribution in [3.05, 3.63) is 24.8 Å². The number of terminal acetylenes is 1. The number of allylic oxidation sites excluding steroid dienone is 1. The number of ether oxygens (including phenoxy) is 1. The Morgan fingerprint density at radius 3 is 1.16 bits per heavy atom. The summed E-state index contributed by atoms with van der Waals surface area (Å²) in [4.78, 5) is 17.9. The van der Waals surface area contributed by atoms with Gasteiger partial charge < -0.3 is 9.64 Å². The molecule has 1 N–H and O–H groups in total. The Hall–Kier alpha value is -1.33. The van der Waals surface area contributed by atoms with E-state index in [0.29, 0.717) is 0 Å². The molecule has 0 fully saturated rings. The fourth-order valence-electron chi connectivity index (χ4n) is 4.00. The van der Waals surface area contributed by atoms with E-state index in [-0.39, 0.29) is 5.91 Å². The zero-order chi connectivity index (χ0) is 46.9. The normalized spacial score (nSPS) is 9.19. The van der Waals surface area contributed by atoms with Gasteiger partial charge in [0.2, 0.25) is 5.91 Å². The van der Waals surface area contributed by atoms with Gasteiger partial charge in [-0.05, 0) is 19.8 Å². The number of unbranched alkanes of at least 4 members (excludes halogenated alkanes) is 19. The molecule has 0 saturated heterocycles. The van der Waals surface area contributed by atoms with Gasteiger partial charge in [0.1, 0.15) is 0 Å². The fourth-order valence-corrected chi connectivity index (χ4v) is 4.91. The molecule has 1 amide bonds. The van der Waals surface area contributed by atoms with Crippen molar-refractivity contribution in [3.8, 4) is 12.8 Å². The molecule has 0 saturated carbocycles. The first-order chi connectivity index (χ1) is 27.9. The summed E-state index contributed by atoms with van der Waals surface area (Å²) in [6.45, 7) is 36.2. The van der Waals surface area contributed by atoms with E-state index >= 15 is 0 Å². The van der Waals surface area contributed by atoms with E-state index in [1.165, 1.54) is 154 Å². The molecule has 0 aliphatic heterocycles. The van der Waals surface area contributed by atoms with Crippen molar-refractivity contribution in [1.82, 2.24) is 4.90 Å². The van der Waals surface area contributed by atoms with Crippen LogP contribution in [0, 0.1) is 12.8 Å². The van der Waals surface area contributed by atoms with E-state index in [1.807, 2.05) is 25.7 Å². The van der Waals surface area contributed by atoms with E-state index in [4.69, 9.17) is 8.17 Å². The summed E-state index contributed by atoms with van der Waals surface area (Å²) in [5.41, 5.74) is 1.12. The van der Waals surface area contributed by atoms with Gasteiger partial charge in [0.15, 0.2) is 6.40 Å². The smallest absolute Gasteiger partial charge is 0.169 e. The van der Waals surface area contributed by atoms with Crippen LogP contribution in [0.2, 0.25) is 0 Å². The van der Waals surface area contributed by atoms with Gasteiger partial charge in [-0.2, -0.15) is 0 Å². The van der Waals surface area contributed by atoms with E-state index < -0.39 is 20.2 Å². The number of hydrogen-bond donors (Lipinski definition) is 1. The minimum absolute atomic E-state index is 0.112. The van der Waals surface area contributed by atoms with Crippen LogP contribution >= 0.6 is 20.2 Å². The Morgan fingerprint density at radius 2 is 0.948 bits per heavy atom. The van der Waals surface area contributed by atoms with E-state index in [1.54, 1.807) is 32.0 Å². The van der Waals surface area contributed by atoms with Gasteiger partial charge in [-0.3, -0.25) is 9.79 Å². The van der Waals surface area contributed by atoms with Gasteiger partial charge in [-0.25, -0.2) is 0 Å². The maximum absolute atomic E-state index is 10.7. The summed E-state index contributed by atoms with van der Waals surface area (Å²) in [7, 11) is 3.51. The number of rotatable bonds is 27.